The number of amides is 1. The van der Waals surface area contributed by atoms with Gasteiger partial charge in [0.05, 0.1) is 5.56 Å². The fourth-order valence-corrected chi connectivity index (χ4v) is 3.65. The number of likely N-dealkylation sites (tertiary alicyclic amines) is 1. The average molecular weight is 345 g/mol. The van der Waals surface area contributed by atoms with E-state index in [1.54, 1.807) is 18.2 Å². The molecule has 2 nitrogen and oxygen atoms in total. The molecule has 0 N–H and O–H groups in total. The summed E-state index contributed by atoms with van der Waals surface area (Å²) in [7, 11) is 0. The second-order valence-corrected chi connectivity index (χ2v) is 6.93. The van der Waals surface area contributed by atoms with Crippen LogP contribution in [0, 0.1) is 11.8 Å². The van der Waals surface area contributed by atoms with E-state index in [9.17, 15) is 4.79 Å². The summed E-state index contributed by atoms with van der Waals surface area (Å²) in [5, 5.41) is 0.636. The number of benzene rings is 1. The molecule has 1 heterocycles. The van der Waals surface area contributed by atoms with Gasteiger partial charge in [-0.3, -0.25) is 4.79 Å². The van der Waals surface area contributed by atoms with Crippen LogP contribution in [-0.2, 0) is 0 Å². The van der Waals surface area contributed by atoms with Crippen molar-refractivity contribution < 1.29 is 4.79 Å². The minimum absolute atomic E-state index is 0.0921. The van der Waals surface area contributed by atoms with Gasteiger partial charge in [0.25, 0.3) is 5.91 Å². The summed E-state index contributed by atoms with van der Waals surface area (Å²) >= 11 is 9.36. The molecular formula is C15H19BrClNO. The van der Waals surface area contributed by atoms with E-state index in [2.05, 4.69) is 36.7 Å². The Bertz CT molecular complexity index is 491. The summed E-state index contributed by atoms with van der Waals surface area (Å²) in [5.41, 5.74) is 0.692. The van der Waals surface area contributed by atoms with Gasteiger partial charge in [0, 0.05) is 22.1 Å². The lowest BCUT2D eigenvalue weighted by Crippen LogP contribution is -2.48. The molecule has 4 heteroatoms. The summed E-state index contributed by atoms with van der Waals surface area (Å²) in [6.07, 6.45) is 1.19. The Morgan fingerprint density at radius 3 is 2.68 bits per heavy atom. The molecule has 1 aliphatic heterocycles. The summed E-state index contributed by atoms with van der Waals surface area (Å²) in [6, 6.07) is 5.62. The molecule has 0 bridgehead atoms. The maximum Gasteiger partial charge on any atom is 0.255 e. The molecule has 1 aliphatic rings. The normalized spacial score (nSPS) is 27.4. The molecule has 1 amide bonds. The fourth-order valence-electron chi connectivity index (χ4n) is 2.80. The van der Waals surface area contributed by atoms with Crippen molar-refractivity contribution in [3.8, 4) is 0 Å². The van der Waals surface area contributed by atoms with Gasteiger partial charge >= 0.3 is 0 Å². The second kappa shape index (κ2) is 5.84. The van der Waals surface area contributed by atoms with Crippen LogP contribution in [0.5, 0.6) is 0 Å². The number of halogens is 2. The maximum atomic E-state index is 12.7. The molecule has 1 aromatic rings. The van der Waals surface area contributed by atoms with Crippen LogP contribution < -0.4 is 0 Å². The number of rotatable bonds is 1. The number of nitrogens with zero attached hydrogens (tertiary/aromatic N) is 1. The summed E-state index contributed by atoms with van der Waals surface area (Å²) in [6.45, 7) is 7.40. The van der Waals surface area contributed by atoms with Crippen LogP contribution in [-0.4, -0.2) is 23.4 Å². The lowest BCUT2D eigenvalue weighted by atomic mass is 9.85. The third-order valence-electron chi connectivity index (χ3n) is 4.02. The third kappa shape index (κ3) is 3.14. The number of hydrogen-bond donors (Lipinski definition) is 0. The summed E-state index contributed by atoms with van der Waals surface area (Å²) in [4.78, 5) is 14.7. The number of carbonyl (C=O) groups excluding carboxylic acids is 1. The lowest BCUT2D eigenvalue weighted by molar-refractivity contribution is 0.0455. The van der Waals surface area contributed by atoms with Gasteiger partial charge < -0.3 is 4.90 Å². The van der Waals surface area contributed by atoms with Crippen LogP contribution in [0.2, 0.25) is 5.02 Å². The first-order valence-electron chi connectivity index (χ1n) is 6.66. The van der Waals surface area contributed by atoms with Crippen LogP contribution in [0.3, 0.4) is 0 Å². The predicted molar refractivity (Wildman–Crippen MR) is 82.6 cm³/mol. The number of hydrogen-bond acceptors (Lipinski definition) is 1. The van der Waals surface area contributed by atoms with Gasteiger partial charge in [-0.25, -0.2) is 0 Å². The predicted octanol–water partition coefficient (Wildman–Crippen LogP) is 4.61. The van der Waals surface area contributed by atoms with Crippen molar-refractivity contribution in [3.63, 3.8) is 0 Å². The molecule has 0 saturated carbocycles. The van der Waals surface area contributed by atoms with Gasteiger partial charge in [-0.15, -0.1) is 0 Å². The molecule has 3 unspecified atom stereocenters. The van der Waals surface area contributed by atoms with Gasteiger partial charge in [-0.1, -0.05) is 25.4 Å². The van der Waals surface area contributed by atoms with Crippen molar-refractivity contribution in [2.24, 2.45) is 11.8 Å². The smallest absolute Gasteiger partial charge is 0.255 e. The Morgan fingerprint density at radius 2 is 2.05 bits per heavy atom. The highest BCUT2D eigenvalue weighted by Gasteiger charge is 2.32. The average Bonchev–Trinajstić information content (AvgIpc) is 2.33. The fraction of sp³-hybridized carbons (Fsp3) is 0.533. The Labute approximate surface area is 128 Å². The Hall–Kier alpha value is -0.540. The van der Waals surface area contributed by atoms with Gasteiger partial charge in [0.15, 0.2) is 0 Å². The van der Waals surface area contributed by atoms with E-state index in [0.29, 0.717) is 22.4 Å². The first-order chi connectivity index (χ1) is 8.90. The zero-order chi connectivity index (χ0) is 14.2. The molecule has 0 aromatic heterocycles. The van der Waals surface area contributed by atoms with Crippen LogP contribution in [0.1, 0.15) is 37.6 Å². The Kier molecular flexibility index (Phi) is 4.57. The minimum atomic E-state index is 0.0921. The maximum absolute atomic E-state index is 12.7. The Balaban J connectivity index is 2.27. The summed E-state index contributed by atoms with van der Waals surface area (Å²) < 4.78 is 0.767. The molecule has 3 atom stereocenters. The van der Waals surface area contributed by atoms with E-state index in [1.807, 2.05) is 4.90 Å². The zero-order valence-corrected chi connectivity index (χ0v) is 13.8. The van der Waals surface area contributed by atoms with Crippen LogP contribution in [0.25, 0.3) is 0 Å². The van der Waals surface area contributed by atoms with Crippen molar-refractivity contribution in [2.45, 2.75) is 33.2 Å². The van der Waals surface area contributed by atoms with Crippen molar-refractivity contribution in [1.29, 1.82) is 0 Å². The van der Waals surface area contributed by atoms with Crippen molar-refractivity contribution in [1.82, 2.24) is 4.90 Å². The van der Waals surface area contributed by atoms with E-state index in [-0.39, 0.29) is 11.9 Å². The first-order valence-corrected chi connectivity index (χ1v) is 7.83. The highest BCUT2D eigenvalue weighted by atomic mass is 79.9. The third-order valence-corrected chi connectivity index (χ3v) is 4.91. The number of carbonyl (C=O) groups is 1. The van der Waals surface area contributed by atoms with Crippen LogP contribution in [0.15, 0.2) is 22.7 Å². The van der Waals surface area contributed by atoms with Crippen LogP contribution in [0.4, 0.5) is 0 Å². The molecule has 1 fully saturated rings. The lowest BCUT2D eigenvalue weighted by Gasteiger charge is -2.41. The molecule has 2 rings (SSSR count). The number of piperidine rings is 1. The molecule has 19 heavy (non-hydrogen) atoms. The second-order valence-electron chi connectivity index (χ2n) is 5.64. The van der Waals surface area contributed by atoms with Gasteiger partial charge in [0.1, 0.15) is 0 Å². The van der Waals surface area contributed by atoms with E-state index in [0.717, 1.165) is 11.0 Å². The SMILES string of the molecule is CC1CC(C)C(C)N(C(=O)c2ccc(Cl)cc2Br)C1. The first kappa shape index (κ1) is 14.9. The molecule has 1 aromatic carbocycles. The minimum Gasteiger partial charge on any atom is -0.335 e. The largest absolute Gasteiger partial charge is 0.335 e. The molecule has 0 aliphatic carbocycles. The van der Waals surface area contributed by atoms with Crippen molar-refractivity contribution in [3.05, 3.63) is 33.3 Å². The monoisotopic (exact) mass is 343 g/mol. The van der Waals surface area contributed by atoms with Crippen LogP contribution >= 0.6 is 27.5 Å². The van der Waals surface area contributed by atoms with E-state index < -0.39 is 0 Å². The molecular weight excluding hydrogens is 326 g/mol. The van der Waals surface area contributed by atoms with Gasteiger partial charge in [0.2, 0.25) is 0 Å². The molecule has 104 valence electrons. The highest BCUT2D eigenvalue weighted by molar-refractivity contribution is 9.10. The standard InChI is InChI=1S/C15H19BrClNO/c1-9-6-10(2)11(3)18(8-9)15(19)13-5-4-12(17)7-14(13)16/h4-5,7,9-11H,6,8H2,1-3H3. The zero-order valence-electron chi connectivity index (χ0n) is 11.5. The quantitative estimate of drug-likeness (QED) is 0.728. The molecule has 0 radical (unpaired) electrons. The highest BCUT2D eigenvalue weighted by Crippen LogP contribution is 2.30. The summed E-state index contributed by atoms with van der Waals surface area (Å²) in [5.74, 6) is 1.19. The topological polar surface area (TPSA) is 20.3 Å². The molecule has 0 spiro atoms. The molecule has 1 saturated heterocycles. The van der Waals surface area contributed by atoms with Crippen molar-refractivity contribution in [2.75, 3.05) is 6.54 Å². The van der Waals surface area contributed by atoms with E-state index >= 15 is 0 Å². The Morgan fingerprint density at radius 1 is 1.37 bits per heavy atom. The van der Waals surface area contributed by atoms with Gasteiger partial charge in [-0.05, 0) is 59.3 Å². The van der Waals surface area contributed by atoms with E-state index in [4.69, 9.17) is 11.6 Å². The van der Waals surface area contributed by atoms with Gasteiger partial charge in [-0.2, -0.15) is 0 Å². The van der Waals surface area contributed by atoms with Crippen molar-refractivity contribution >= 4 is 33.4 Å². The van der Waals surface area contributed by atoms with E-state index in [1.165, 1.54) is 6.42 Å².